The van der Waals surface area contributed by atoms with Crippen molar-refractivity contribution in [3.63, 3.8) is 0 Å². The highest BCUT2D eigenvalue weighted by Crippen LogP contribution is 2.21. The SMILES string of the molecule is CCCn1nnn(-c2cc(O)c(F)cc2F)c1=O. The van der Waals surface area contributed by atoms with Crippen LogP contribution in [0.25, 0.3) is 5.69 Å². The van der Waals surface area contributed by atoms with Gasteiger partial charge in [0.05, 0.1) is 0 Å². The predicted octanol–water partition coefficient (Wildman–Crippen LogP) is 0.823. The number of aryl methyl sites for hydroxylation is 1. The number of phenols is 1. The van der Waals surface area contributed by atoms with Crippen LogP contribution in [0, 0.1) is 11.6 Å². The van der Waals surface area contributed by atoms with Gasteiger partial charge in [-0.3, -0.25) is 0 Å². The topological polar surface area (TPSA) is 72.9 Å². The fourth-order valence-corrected chi connectivity index (χ4v) is 1.47. The molecule has 0 saturated heterocycles. The molecule has 0 bridgehead atoms. The molecule has 2 rings (SSSR count). The lowest BCUT2D eigenvalue weighted by atomic mass is 10.3. The van der Waals surface area contributed by atoms with E-state index in [2.05, 4.69) is 10.4 Å². The zero-order chi connectivity index (χ0) is 13.3. The Hall–Kier alpha value is -2.25. The number of aromatic nitrogens is 4. The van der Waals surface area contributed by atoms with Gasteiger partial charge in [-0.25, -0.2) is 13.6 Å². The number of hydrogen-bond donors (Lipinski definition) is 1. The van der Waals surface area contributed by atoms with Crippen molar-refractivity contribution in [2.45, 2.75) is 19.9 Å². The first-order valence-electron chi connectivity index (χ1n) is 5.25. The van der Waals surface area contributed by atoms with Crippen LogP contribution in [0.4, 0.5) is 8.78 Å². The van der Waals surface area contributed by atoms with E-state index >= 15 is 0 Å². The van der Waals surface area contributed by atoms with E-state index < -0.39 is 23.1 Å². The number of rotatable bonds is 3. The largest absolute Gasteiger partial charge is 0.505 e. The van der Waals surface area contributed by atoms with Crippen molar-refractivity contribution in [1.82, 2.24) is 19.8 Å². The van der Waals surface area contributed by atoms with Gasteiger partial charge in [0, 0.05) is 18.7 Å². The normalized spacial score (nSPS) is 10.8. The highest BCUT2D eigenvalue weighted by molar-refractivity contribution is 5.39. The zero-order valence-corrected chi connectivity index (χ0v) is 9.47. The van der Waals surface area contributed by atoms with Crippen LogP contribution < -0.4 is 5.69 Å². The van der Waals surface area contributed by atoms with Gasteiger partial charge in [0.25, 0.3) is 0 Å². The van der Waals surface area contributed by atoms with Gasteiger partial charge in [0.15, 0.2) is 17.4 Å². The molecule has 1 heterocycles. The van der Waals surface area contributed by atoms with Gasteiger partial charge >= 0.3 is 5.69 Å². The van der Waals surface area contributed by atoms with Crippen molar-refractivity contribution < 1.29 is 13.9 Å². The first-order chi connectivity index (χ1) is 8.54. The molecule has 18 heavy (non-hydrogen) atoms. The minimum atomic E-state index is -1.11. The molecule has 0 saturated carbocycles. The quantitative estimate of drug-likeness (QED) is 0.882. The average molecular weight is 256 g/mol. The third kappa shape index (κ3) is 1.96. The van der Waals surface area contributed by atoms with Crippen LogP contribution in [0.15, 0.2) is 16.9 Å². The molecule has 8 heteroatoms. The van der Waals surface area contributed by atoms with E-state index in [4.69, 9.17) is 0 Å². The van der Waals surface area contributed by atoms with E-state index in [1.807, 2.05) is 6.92 Å². The van der Waals surface area contributed by atoms with E-state index in [0.717, 1.165) is 10.7 Å². The fourth-order valence-electron chi connectivity index (χ4n) is 1.47. The second-order valence-electron chi connectivity index (χ2n) is 3.65. The summed E-state index contributed by atoms with van der Waals surface area (Å²) in [7, 11) is 0. The van der Waals surface area contributed by atoms with Gasteiger partial charge in [0.1, 0.15) is 5.69 Å². The van der Waals surface area contributed by atoms with Crippen LogP contribution in [-0.2, 0) is 6.54 Å². The molecule has 0 aliphatic heterocycles. The van der Waals surface area contributed by atoms with Gasteiger partial charge in [-0.2, -0.15) is 9.36 Å². The minimum Gasteiger partial charge on any atom is -0.505 e. The van der Waals surface area contributed by atoms with Crippen molar-refractivity contribution in [3.8, 4) is 11.4 Å². The first kappa shape index (κ1) is 12.2. The number of hydrogen-bond acceptors (Lipinski definition) is 4. The number of nitrogens with zero attached hydrogens (tertiary/aromatic N) is 4. The third-order valence-corrected chi connectivity index (χ3v) is 2.32. The van der Waals surface area contributed by atoms with E-state index in [1.54, 1.807) is 0 Å². The molecule has 0 aliphatic rings. The first-order valence-corrected chi connectivity index (χ1v) is 5.25. The van der Waals surface area contributed by atoms with Crippen molar-refractivity contribution in [1.29, 1.82) is 0 Å². The molecule has 0 amide bonds. The Morgan fingerprint density at radius 2 is 2.00 bits per heavy atom. The molecule has 1 N–H and O–H groups in total. The smallest absolute Gasteiger partial charge is 0.368 e. The number of tetrazole rings is 1. The van der Waals surface area contributed by atoms with Gasteiger partial charge < -0.3 is 5.11 Å². The highest BCUT2D eigenvalue weighted by Gasteiger charge is 2.15. The van der Waals surface area contributed by atoms with Crippen molar-refractivity contribution >= 4 is 0 Å². The van der Waals surface area contributed by atoms with Gasteiger partial charge in [-0.15, -0.1) is 0 Å². The maximum atomic E-state index is 13.5. The fraction of sp³-hybridized carbons (Fsp3) is 0.300. The molecule has 1 aromatic heterocycles. The average Bonchev–Trinajstić information content (AvgIpc) is 2.67. The maximum absolute atomic E-state index is 13.5. The lowest BCUT2D eigenvalue weighted by molar-refractivity contribution is 0.426. The van der Waals surface area contributed by atoms with Crippen molar-refractivity contribution in [2.24, 2.45) is 0 Å². The summed E-state index contributed by atoms with van der Waals surface area (Å²) in [6.45, 7) is 2.18. The summed E-state index contributed by atoms with van der Waals surface area (Å²) < 4.78 is 28.1. The summed E-state index contributed by atoms with van der Waals surface area (Å²) in [4.78, 5) is 11.8. The Kier molecular flexibility index (Phi) is 3.09. The molecule has 2 aromatic rings. The molecule has 1 aromatic carbocycles. The second-order valence-corrected chi connectivity index (χ2v) is 3.65. The van der Waals surface area contributed by atoms with E-state index in [-0.39, 0.29) is 5.69 Å². The number of halogens is 2. The Balaban J connectivity index is 2.56. The van der Waals surface area contributed by atoms with E-state index in [0.29, 0.717) is 23.7 Å². The minimum absolute atomic E-state index is 0.341. The van der Waals surface area contributed by atoms with Crippen LogP contribution in [0.5, 0.6) is 5.75 Å². The van der Waals surface area contributed by atoms with Crippen LogP contribution >= 0.6 is 0 Å². The number of benzene rings is 1. The lowest BCUT2D eigenvalue weighted by Gasteiger charge is -2.02. The molecule has 0 spiro atoms. The summed E-state index contributed by atoms with van der Waals surface area (Å²) in [5.41, 5.74) is -0.997. The summed E-state index contributed by atoms with van der Waals surface area (Å²) in [6, 6.07) is 1.27. The number of aromatic hydroxyl groups is 1. The summed E-state index contributed by atoms with van der Waals surface area (Å²) in [6.07, 6.45) is 0.662. The predicted molar refractivity (Wildman–Crippen MR) is 57.5 cm³/mol. The molecule has 0 atom stereocenters. The van der Waals surface area contributed by atoms with Gasteiger partial charge in [-0.05, 0) is 16.8 Å². The maximum Gasteiger partial charge on any atom is 0.368 e. The molecule has 0 fully saturated rings. The van der Waals surface area contributed by atoms with Crippen LogP contribution in [-0.4, -0.2) is 24.9 Å². The summed E-state index contributed by atoms with van der Waals surface area (Å²) in [5.74, 6) is -2.87. The van der Waals surface area contributed by atoms with Crippen LogP contribution in [0.1, 0.15) is 13.3 Å². The molecular formula is C10H10F2N4O2. The Labute approximate surface area is 100 Å². The standard InChI is InChI=1S/C10H10F2N4O2/c1-2-3-15-10(18)16(14-13-15)8-5-9(17)7(12)4-6(8)11/h4-5,17H,2-3H2,1H3. The summed E-state index contributed by atoms with van der Waals surface area (Å²) in [5, 5.41) is 16.2. The van der Waals surface area contributed by atoms with Gasteiger partial charge in [0.2, 0.25) is 0 Å². The highest BCUT2D eigenvalue weighted by atomic mass is 19.1. The third-order valence-electron chi connectivity index (χ3n) is 2.32. The molecule has 6 nitrogen and oxygen atoms in total. The molecule has 0 unspecified atom stereocenters. The monoisotopic (exact) mass is 256 g/mol. The van der Waals surface area contributed by atoms with E-state index in [1.165, 1.54) is 0 Å². The summed E-state index contributed by atoms with van der Waals surface area (Å²) >= 11 is 0. The molecule has 0 aliphatic carbocycles. The second kappa shape index (κ2) is 4.55. The molecule has 0 radical (unpaired) electrons. The van der Waals surface area contributed by atoms with Crippen LogP contribution in [0.3, 0.4) is 0 Å². The lowest BCUT2D eigenvalue weighted by Crippen LogP contribution is -2.24. The Bertz CT molecular complexity index is 635. The molecule has 96 valence electrons. The van der Waals surface area contributed by atoms with Crippen molar-refractivity contribution in [3.05, 3.63) is 34.3 Å². The van der Waals surface area contributed by atoms with Crippen molar-refractivity contribution in [2.75, 3.05) is 0 Å². The zero-order valence-electron chi connectivity index (χ0n) is 9.47. The Morgan fingerprint density at radius 1 is 1.28 bits per heavy atom. The molecular weight excluding hydrogens is 246 g/mol. The van der Waals surface area contributed by atoms with Crippen LogP contribution in [0.2, 0.25) is 0 Å². The van der Waals surface area contributed by atoms with E-state index in [9.17, 15) is 18.7 Å². The van der Waals surface area contributed by atoms with Gasteiger partial charge in [-0.1, -0.05) is 6.92 Å². The Morgan fingerprint density at radius 3 is 2.67 bits per heavy atom. The number of phenolic OH excluding ortho intramolecular Hbond substituents is 1.